The van der Waals surface area contributed by atoms with E-state index in [-0.39, 0.29) is 15.5 Å². The first kappa shape index (κ1) is 14.7. The Morgan fingerprint density at radius 1 is 1.47 bits per heavy atom. The molecule has 0 amide bonds. The second-order valence-electron chi connectivity index (χ2n) is 4.77. The average molecular weight is 308 g/mol. The zero-order valence-corrected chi connectivity index (χ0v) is 12.0. The molecule has 0 spiro atoms. The van der Waals surface area contributed by atoms with Crippen LogP contribution in [0.4, 0.5) is 4.39 Å². The van der Waals surface area contributed by atoms with Crippen LogP contribution < -0.4 is 0 Å². The van der Waals surface area contributed by atoms with E-state index in [0.29, 0.717) is 12.5 Å². The quantitative estimate of drug-likeness (QED) is 0.905. The molecule has 0 saturated heterocycles. The normalized spacial score (nSPS) is 16.1. The molecular weight excluding hydrogens is 293 g/mol. The highest BCUT2D eigenvalue weighted by atomic mass is 35.5. The summed E-state index contributed by atoms with van der Waals surface area (Å²) in [7, 11) is -2.27. The van der Waals surface area contributed by atoms with Gasteiger partial charge in [0.05, 0.1) is 16.5 Å². The van der Waals surface area contributed by atoms with Crippen molar-refractivity contribution >= 4 is 21.6 Å². The summed E-state index contributed by atoms with van der Waals surface area (Å²) in [5.41, 5.74) is 0.0695. The molecule has 0 atom stereocenters. The van der Waals surface area contributed by atoms with Gasteiger partial charge in [0.2, 0.25) is 10.0 Å². The first-order chi connectivity index (χ1) is 8.86. The van der Waals surface area contributed by atoms with Crippen molar-refractivity contribution in [1.82, 2.24) is 4.31 Å². The lowest BCUT2D eigenvalue weighted by atomic mass is 10.2. The molecule has 1 aromatic carbocycles. The Kier molecular flexibility index (Phi) is 4.15. The first-order valence-electron chi connectivity index (χ1n) is 5.91. The molecule has 0 bridgehead atoms. The van der Waals surface area contributed by atoms with Gasteiger partial charge in [-0.05, 0) is 30.9 Å². The second kappa shape index (κ2) is 5.36. The third-order valence-corrected chi connectivity index (χ3v) is 5.39. The number of aliphatic hydroxyl groups is 1. The molecule has 2 rings (SSSR count). The summed E-state index contributed by atoms with van der Waals surface area (Å²) >= 11 is 5.65. The highest BCUT2D eigenvalue weighted by molar-refractivity contribution is 7.89. The molecule has 1 aliphatic carbocycles. The molecule has 7 heteroatoms. The zero-order valence-electron chi connectivity index (χ0n) is 10.4. The molecule has 1 N–H and O–H groups in total. The predicted molar refractivity (Wildman–Crippen MR) is 69.9 cm³/mol. The third kappa shape index (κ3) is 3.08. The van der Waals surface area contributed by atoms with Gasteiger partial charge in [-0.1, -0.05) is 11.6 Å². The van der Waals surface area contributed by atoms with Crippen LogP contribution in [0.15, 0.2) is 17.0 Å². The monoisotopic (exact) mass is 307 g/mol. The van der Waals surface area contributed by atoms with Crippen molar-refractivity contribution in [1.29, 1.82) is 0 Å². The van der Waals surface area contributed by atoms with E-state index in [1.165, 1.54) is 17.4 Å². The van der Waals surface area contributed by atoms with Crippen LogP contribution in [-0.2, 0) is 16.6 Å². The van der Waals surface area contributed by atoms with Crippen molar-refractivity contribution in [2.24, 2.45) is 5.92 Å². The molecule has 0 radical (unpaired) electrons. The molecule has 1 saturated carbocycles. The van der Waals surface area contributed by atoms with Gasteiger partial charge < -0.3 is 5.11 Å². The summed E-state index contributed by atoms with van der Waals surface area (Å²) in [6, 6.07) is 2.10. The maximum Gasteiger partial charge on any atom is 0.242 e. The van der Waals surface area contributed by atoms with Crippen molar-refractivity contribution in [2.75, 3.05) is 13.6 Å². The summed E-state index contributed by atoms with van der Waals surface area (Å²) in [6.07, 6.45) is 2.05. The van der Waals surface area contributed by atoms with Crippen molar-refractivity contribution in [3.63, 3.8) is 0 Å². The van der Waals surface area contributed by atoms with Crippen LogP contribution in [0.2, 0.25) is 5.02 Å². The minimum absolute atomic E-state index is 0.0695. The van der Waals surface area contributed by atoms with Gasteiger partial charge in [-0.2, -0.15) is 0 Å². The van der Waals surface area contributed by atoms with Crippen molar-refractivity contribution in [2.45, 2.75) is 24.3 Å². The van der Waals surface area contributed by atoms with Crippen LogP contribution >= 0.6 is 11.6 Å². The lowest BCUT2D eigenvalue weighted by Crippen LogP contribution is -2.29. The maximum absolute atomic E-state index is 13.6. The number of benzene rings is 1. The molecule has 0 unspecified atom stereocenters. The van der Waals surface area contributed by atoms with Gasteiger partial charge in [-0.25, -0.2) is 17.1 Å². The summed E-state index contributed by atoms with van der Waals surface area (Å²) in [6.45, 7) is -0.0769. The lowest BCUT2D eigenvalue weighted by molar-refractivity contribution is 0.281. The molecule has 106 valence electrons. The summed E-state index contributed by atoms with van der Waals surface area (Å²) in [5, 5.41) is 8.82. The molecule has 1 aromatic rings. The SMILES string of the molecule is CN(CC1CC1)S(=O)(=O)c1cc(F)c(Cl)c(CO)c1. The zero-order chi connectivity index (χ0) is 14.2. The minimum Gasteiger partial charge on any atom is -0.392 e. The van der Waals surface area contributed by atoms with Crippen LogP contribution in [0.25, 0.3) is 0 Å². The van der Waals surface area contributed by atoms with Gasteiger partial charge in [0.15, 0.2) is 0 Å². The fraction of sp³-hybridized carbons (Fsp3) is 0.500. The van der Waals surface area contributed by atoms with Gasteiger partial charge in [-0.15, -0.1) is 0 Å². The molecule has 1 fully saturated rings. The fourth-order valence-corrected chi connectivity index (χ4v) is 3.30. The summed E-state index contributed by atoms with van der Waals surface area (Å²) in [5.74, 6) is -0.444. The van der Waals surface area contributed by atoms with Gasteiger partial charge >= 0.3 is 0 Å². The standard InChI is InChI=1S/C12H15ClFNO3S/c1-15(6-8-2-3-8)19(17,18)10-4-9(7-16)12(13)11(14)5-10/h4-5,8,16H,2-3,6-7H2,1H3. The lowest BCUT2D eigenvalue weighted by Gasteiger charge is -2.17. The van der Waals surface area contributed by atoms with E-state index in [1.54, 1.807) is 0 Å². The Morgan fingerprint density at radius 2 is 2.11 bits per heavy atom. The van der Waals surface area contributed by atoms with E-state index >= 15 is 0 Å². The van der Waals surface area contributed by atoms with Crippen molar-refractivity contribution in [3.8, 4) is 0 Å². The molecule has 0 aliphatic heterocycles. The van der Waals surface area contributed by atoms with Crippen LogP contribution in [0.1, 0.15) is 18.4 Å². The highest BCUT2D eigenvalue weighted by Gasteiger charge is 2.30. The number of hydrogen-bond donors (Lipinski definition) is 1. The predicted octanol–water partition coefficient (Wildman–Crippen LogP) is 2.00. The summed E-state index contributed by atoms with van der Waals surface area (Å²) < 4.78 is 39.3. The number of sulfonamides is 1. The fourth-order valence-electron chi connectivity index (χ4n) is 1.82. The Hall–Kier alpha value is -0.690. The Balaban J connectivity index is 2.36. The van der Waals surface area contributed by atoms with Crippen LogP contribution in [0.3, 0.4) is 0 Å². The van der Waals surface area contributed by atoms with Gasteiger partial charge in [-0.3, -0.25) is 0 Å². The average Bonchev–Trinajstić information content (AvgIpc) is 3.16. The summed E-state index contributed by atoms with van der Waals surface area (Å²) in [4.78, 5) is -0.179. The molecule has 0 aromatic heterocycles. The van der Waals surface area contributed by atoms with E-state index in [9.17, 15) is 12.8 Å². The largest absolute Gasteiger partial charge is 0.392 e. The topological polar surface area (TPSA) is 57.6 Å². The number of halogens is 2. The van der Waals surface area contributed by atoms with E-state index in [1.807, 2.05) is 0 Å². The smallest absolute Gasteiger partial charge is 0.242 e. The number of rotatable bonds is 5. The third-order valence-electron chi connectivity index (χ3n) is 3.17. The van der Waals surface area contributed by atoms with Crippen LogP contribution in [0.5, 0.6) is 0 Å². The van der Waals surface area contributed by atoms with Gasteiger partial charge in [0.25, 0.3) is 0 Å². The Bertz CT molecular complexity index is 587. The minimum atomic E-state index is -3.74. The molecule has 19 heavy (non-hydrogen) atoms. The number of nitrogens with zero attached hydrogens (tertiary/aromatic N) is 1. The molecule has 4 nitrogen and oxygen atoms in total. The molecular formula is C12H15ClFNO3S. The van der Waals surface area contributed by atoms with Crippen molar-refractivity contribution < 1.29 is 17.9 Å². The van der Waals surface area contributed by atoms with E-state index in [2.05, 4.69) is 0 Å². The maximum atomic E-state index is 13.6. The number of aliphatic hydroxyl groups excluding tert-OH is 1. The van der Waals surface area contributed by atoms with Gasteiger partial charge in [0.1, 0.15) is 5.82 Å². The number of hydrogen-bond acceptors (Lipinski definition) is 3. The van der Waals surface area contributed by atoms with Crippen LogP contribution in [-0.4, -0.2) is 31.4 Å². The van der Waals surface area contributed by atoms with E-state index < -0.39 is 22.4 Å². The Morgan fingerprint density at radius 3 is 2.63 bits per heavy atom. The molecule has 1 aliphatic rings. The van der Waals surface area contributed by atoms with E-state index in [0.717, 1.165) is 18.9 Å². The Labute approximate surface area is 116 Å². The second-order valence-corrected chi connectivity index (χ2v) is 7.19. The van der Waals surface area contributed by atoms with E-state index in [4.69, 9.17) is 16.7 Å². The molecule has 0 heterocycles. The van der Waals surface area contributed by atoms with Crippen LogP contribution in [0, 0.1) is 11.7 Å². The first-order valence-corrected chi connectivity index (χ1v) is 7.73. The highest BCUT2D eigenvalue weighted by Crippen LogP contribution is 2.32. The van der Waals surface area contributed by atoms with Crippen molar-refractivity contribution in [3.05, 3.63) is 28.5 Å². The van der Waals surface area contributed by atoms with Gasteiger partial charge in [0, 0.05) is 19.2 Å².